The number of amides is 1. The Morgan fingerprint density at radius 2 is 1.87 bits per heavy atom. The van der Waals surface area contributed by atoms with Crippen LogP contribution >= 0.6 is 23.2 Å². The van der Waals surface area contributed by atoms with E-state index in [-0.39, 0.29) is 5.91 Å². The maximum absolute atomic E-state index is 11.9. The van der Waals surface area contributed by atoms with E-state index in [2.05, 4.69) is 12.2 Å². The number of benzene rings is 2. The van der Waals surface area contributed by atoms with Gasteiger partial charge in [-0.3, -0.25) is 4.79 Å². The molecule has 1 N–H and O–H groups in total. The Labute approximate surface area is 146 Å². The van der Waals surface area contributed by atoms with Crippen LogP contribution in [0.4, 0.5) is 5.69 Å². The van der Waals surface area contributed by atoms with Crippen molar-refractivity contribution >= 4 is 34.8 Å². The molecule has 2 aromatic carbocycles. The molecule has 2 rings (SSSR count). The quantitative estimate of drug-likeness (QED) is 0.682. The topological polar surface area (TPSA) is 38.3 Å². The zero-order chi connectivity index (χ0) is 16.7. The largest absolute Gasteiger partial charge is 0.494 e. The first-order valence-electron chi connectivity index (χ1n) is 7.55. The lowest BCUT2D eigenvalue weighted by atomic mass is 10.2. The van der Waals surface area contributed by atoms with Crippen LogP contribution in [0.5, 0.6) is 5.75 Å². The van der Waals surface area contributed by atoms with E-state index in [1.165, 1.54) is 5.56 Å². The van der Waals surface area contributed by atoms with Gasteiger partial charge in [0.2, 0.25) is 5.91 Å². The molecule has 0 fully saturated rings. The van der Waals surface area contributed by atoms with Crippen LogP contribution in [0.25, 0.3) is 0 Å². The highest BCUT2D eigenvalue weighted by Gasteiger charge is 2.06. The van der Waals surface area contributed by atoms with Crippen LogP contribution < -0.4 is 10.1 Å². The third kappa shape index (κ3) is 5.77. The first kappa shape index (κ1) is 17.6. The van der Waals surface area contributed by atoms with Gasteiger partial charge in [0.1, 0.15) is 5.75 Å². The van der Waals surface area contributed by atoms with Gasteiger partial charge in [0.25, 0.3) is 0 Å². The van der Waals surface area contributed by atoms with Gasteiger partial charge in [0.05, 0.1) is 17.3 Å². The van der Waals surface area contributed by atoms with Crippen LogP contribution in [0.15, 0.2) is 42.5 Å². The summed E-state index contributed by atoms with van der Waals surface area (Å²) in [4.78, 5) is 11.9. The lowest BCUT2D eigenvalue weighted by Gasteiger charge is -2.09. The molecule has 0 bridgehead atoms. The van der Waals surface area contributed by atoms with E-state index in [0.717, 1.165) is 12.2 Å². The summed E-state index contributed by atoms with van der Waals surface area (Å²) in [6.45, 7) is 2.61. The molecule has 122 valence electrons. The van der Waals surface area contributed by atoms with E-state index >= 15 is 0 Å². The highest BCUT2D eigenvalue weighted by atomic mass is 35.5. The Bertz CT molecular complexity index is 657. The van der Waals surface area contributed by atoms with Crippen molar-refractivity contribution in [1.29, 1.82) is 0 Å². The van der Waals surface area contributed by atoms with Crippen LogP contribution in [0.3, 0.4) is 0 Å². The summed E-state index contributed by atoms with van der Waals surface area (Å²) in [5.41, 5.74) is 1.84. The molecule has 2 aromatic rings. The van der Waals surface area contributed by atoms with Gasteiger partial charge in [-0.25, -0.2) is 0 Å². The zero-order valence-electron chi connectivity index (χ0n) is 12.9. The second-order valence-corrected chi connectivity index (χ2v) is 5.97. The molecule has 0 heterocycles. The van der Waals surface area contributed by atoms with Gasteiger partial charge in [0.15, 0.2) is 0 Å². The molecule has 1 amide bonds. The van der Waals surface area contributed by atoms with E-state index in [1.807, 2.05) is 24.3 Å². The van der Waals surface area contributed by atoms with E-state index in [1.54, 1.807) is 18.2 Å². The monoisotopic (exact) mass is 351 g/mol. The van der Waals surface area contributed by atoms with Crippen molar-refractivity contribution in [2.75, 3.05) is 11.9 Å². The summed E-state index contributed by atoms with van der Waals surface area (Å²) in [7, 11) is 0. The van der Waals surface area contributed by atoms with Crippen molar-refractivity contribution in [3.8, 4) is 5.75 Å². The number of carbonyl (C=O) groups excluding carboxylic acids is 1. The van der Waals surface area contributed by atoms with E-state index in [4.69, 9.17) is 27.9 Å². The Morgan fingerprint density at radius 3 is 2.52 bits per heavy atom. The minimum Gasteiger partial charge on any atom is -0.494 e. The normalized spacial score (nSPS) is 10.4. The molecule has 3 nitrogen and oxygen atoms in total. The Hall–Kier alpha value is -1.71. The number of carbonyl (C=O) groups is 1. The molecular weight excluding hydrogens is 333 g/mol. The number of nitrogens with one attached hydrogen (secondary N) is 1. The highest BCUT2D eigenvalue weighted by molar-refractivity contribution is 6.36. The lowest BCUT2D eigenvalue weighted by Crippen LogP contribution is -2.13. The summed E-state index contributed by atoms with van der Waals surface area (Å²) >= 11 is 11.8. The minimum atomic E-state index is -0.0980. The number of ether oxygens (including phenoxy) is 1. The number of halogens is 2. The summed E-state index contributed by atoms with van der Waals surface area (Å²) in [5.74, 6) is 0.725. The van der Waals surface area contributed by atoms with E-state index in [0.29, 0.717) is 35.2 Å². The molecule has 0 aliphatic heterocycles. The summed E-state index contributed by atoms with van der Waals surface area (Å²) in [6.07, 6.45) is 2.01. The average Bonchev–Trinajstić information content (AvgIpc) is 2.55. The Morgan fingerprint density at radius 1 is 1.13 bits per heavy atom. The van der Waals surface area contributed by atoms with Crippen LogP contribution in [-0.2, 0) is 11.2 Å². The first-order valence-corrected chi connectivity index (χ1v) is 8.30. The van der Waals surface area contributed by atoms with Gasteiger partial charge in [0, 0.05) is 11.4 Å². The highest BCUT2D eigenvalue weighted by Crippen LogP contribution is 2.25. The summed E-state index contributed by atoms with van der Waals surface area (Å²) < 4.78 is 5.62. The lowest BCUT2D eigenvalue weighted by molar-refractivity contribution is -0.116. The molecule has 0 radical (unpaired) electrons. The molecule has 0 aromatic heterocycles. The first-order chi connectivity index (χ1) is 11.1. The van der Waals surface area contributed by atoms with E-state index < -0.39 is 0 Å². The summed E-state index contributed by atoms with van der Waals surface area (Å²) in [5, 5.41) is 3.73. The second-order valence-electron chi connectivity index (χ2n) is 5.12. The Kier molecular flexibility index (Phi) is 6.75. The van der Waals surface area contributed by atoms with Gasteiger partial charge in [-0.05, 0) is 48.7 Å². The molecule has 0 atom stereocenters. The van der Waals surface area contributed by atoms with Crippen molar-refractivity contribution in [2.24, 2.45) is 0 Å². The molecule has 23 heavy (non-hydrogen) atoms. The number of anilines is 1. The van der Waals surface area contributed by atoms with Gasteiger partial charge < -0.3 is 10.1 Å². The minimum absolute atomic E-state index is 0.0980. The van der Waals surface area contributed by atoms with Gasteiger partial charge in [-0.2, -0.15) is 0 Å². The molecule has 0 aliphatic carbocycles. The number of aryl methyl sites for hydroxylation is 1. The van der Waals surface area contributed by atoms with Crippen molar-refractivity contribution < 1.29 is 9.53 Å². The molecule has 0 saturated heterocycles. The van der Waals surface area contributed by atoms with Crippen molar-refractivity contribution in [3.05, 3.63) is 58.1 Å². The standard InChI is InChI=1S/C18H19Cl2NO2/c1-2-13-5-8-15(9-6-13)23-11-3-4-18(22)21-17-10-7-14(19)12-16(17)20/h5-10,12H,2-4,11H2,1H3,(H,21,22). The maximum atomic E-state index is 11.9. The SMILES string of the molecule is CCc1ccc(OCCCC(=O)Nc2ccc(Cl)cc2Cl)cc1. The van der Waals surface area contributed by atoms with Crippen LogP contribution in [0.2, 0.25) is 10.0 Å². The molecule has 0 aliphatic rings. The fourth-order valence-corrected chi connectivity index (χ4v) is 2.50. The van der Waals surface area contributed by atoms with E-state index in [9.17, 15) is 4.79 Å². The molecule has 0 saturated carbocycles. The van der Waals surface area contributed by atoms with Gasteiger partial charge >= 0.3 is 0 Å². The van der Waals surface area contributed by atoms with Crippen molar-refractivity contribution in [3.63, 3.8) is 0 Å². The summed E-state index contributed by atoms with van der Waals surface area (Å²) in [6, 6.07) is 13.0. The van der Waals surface area contributed by atoms with Crippen LogP contribution in [0.1, 0.15) is 25.3 Å². The third-order valence-electron chi connectivity index (χ3n) is 3.35. The van der Waals surface area contributed by atoms with Crippen molar-refractivity contribution in [2.45, 2.75) is 26.2 Å². The predicted molar refractivity (Wildman–Crippen MR) is 95.6 cm³/mol. The van der Waals surface area contributed by atoms with Gasteiger partial charge in [-0.15, -0.1) is 0 Å². The molecular formula is C18H19Cl2NO2. The van der Waals surface area contributed by atoms with Crippen molar-refractivity contribution in [1.82, 2.24) is 0 Å². The fourth-order valence-electron chi connectivity index (χ4n) is 2.05. The van der Waals surface area contributed by atoms with Crippen LogP contribution in [-0.4, -0.2) is 12.5 Å². The second kappa shape index (κ2) is 8.80. The fraction of sp³-hybridized carbons (Fsp3) is 0.278. The predicted octanol–water partition coefficient (Wildman–Crippen LogP) is 5.35. The van der Waals surface area contributed by atoms with Gasteiger partial charge in [-0.1, -0.05) is 42.3 Å². The molecule has 0 spiro atoms. The zero-order valence-corrected chi connectivity index (χ0v) is 14.5. The number of hydrogen-bond acceptors (Lipinski definition) is 2. The third-order valence-corrected chi connectivity index (χ3v) is 3.90. The number of hydrogen-bond donors (Lipinski definition) is 1. The maximum Gasteiger partial charge on any atom is 0.224 e. The number of rotatable bonds is 7. The molecule has 0 unspecified atom stereocenters. The molecule has 5 heteroatoms. The smallest absolute Gasteiger partial charge is 0.224 e. The Balaban J connectivity index is 1.72. The average molecular weight is 352 g/mol. The van der Waals surface area contributed by atoms with Crippen LogP contribution in [0, 0.1) is 0 Å².